The zero-order valence-corrected chi connectivity index (χ0v) is 16.9. The zero-order valence-electron chi connectivity index (χ0n) is 16.1. The number of piperidine rings is 1. The molecule has 1 aliphatic heterocycles. The summed E-state index contributed by atoms with van der Waals surface area (Å²) < 4.78 is 13.8. The maximum Gasteiger partial charge on any atom is 0.256 e. The third kappa shape index (κ3) is 6.45. The van der Waals surface area contributed by atoms with Crippen LogP contribution in [0, 0.1) is 11.7 Å². The molecule has 4 N–H and O–H groups in total. The lowest BCUT2D eigenvalue weighted by Gasteiger charge is -2.32. The summed E-state index contributed by atoms with van der Waals surface area (Å²) in [6.07, 6.45) is 1.15. The molecular weight excluding hydrogens is 387 g/mol. The van der Waals surface area contributed by atoms with Gasteiger partial charge in [-0.25, -0.2) is 4.39 Å². The van der Waals surface area contributed by atoms with Crippen LogP contribution in [0.1, 0.15) is 37.0 Å². The van der Waals surface area contributed by atoms with Crippen LogP contribution in [0.5, 0.6) is 0 Å². The van der Waals surface area contributed by atoms with E-state index in [2.05, 4.69) is 10.6 Å². The number of carbonyl (C=O) groups is 3. The number of benzene rings is 1. The van der Waals surface area contributed by atoms with Gasteiger partial charge in [0.1, 0.15) is 5.82 Å². The minimum atomic E-state index is -0.648. The van der Waals surface area contributed by atoms with Crippen LogP contribution in [0.3, 0.4) is 0 Å². The number of likely N-dealkylation sites (tertiary alicyclic amines) is 1. The average molecular weight is 415 g/mol. The molecule has 2 rings (SSSR count). The Morgan fingerprint density at radius 2 is 1.82 bits per heavy atom. The van der Waals surface area contributed by atoms with Crippen molar-refractivity contribution in [3.05, 3.63) is 35.6 Å². The van der Waals surface area contributed by atoms with Crippen molar-refractivity contribution in [3.8, 4) is 0 Å². The molecule has 1 saturated heterocycles. The van der Waals surface area contributed by atoms with Gasteiger partial charge in [0.15, 0.2) is 0 Å². The number of nitrogens with one attached hydrogen (secondary N) is 2. The second-order valence-electron chi connectivity index (χ2n) is 7.10. The summed E-state index contributed by atoms with van der Waals surface area (Å²) >= 11 is 0. The number of hydrogen-bond donors (Lipinski definition) is 3. The van der Waals surface area contributed by atoms with Crippen LogP contribution in [0.25, 0.3) is 0 Å². The molecule has 0 unspecified atom stereocenters. The highest BCUT2D eigenvalue weighted by atomic mass is 35.5. The summed E-state index contributed by atoms with van der Waals surface area (Å²) in [4.78, 5) is 37.7. The maximum atomic E-state index is 13.8. The SMILES string of the molecule is CC(C)[C@H](N)C(=O)NCC(=O)NC1CCN(C(=O)c2ccccc2F)CC1.Cl. The molecule has 3 amide bonds. The highest BCUT2D eigenvalue weighted by molar-refractivity contribution is 5.94. The Balaban J connectivity index is 0.00000392. The van der Waals surface area contributed by atoms with E-state index in [-0.39, 0.29) is 54.2 Å². The molecule has 1 atom stereocenters. The molecule has 0 spiro atoms. The fraction of sp³-hybridized carbons (Fsp3) is 0.526. The summed E-state index contributed by atoms with van der Waals surface area (Å²) in [6.45, 7) is 4.40. The molecule has 0 aromatic heterocycles. The first-order valence-corrected chi connectivity index (χ1v) is 9.16. The van der Waals surface area contributed by atoms with E-state index in [1.807, 2.05) is 13.8 Å². The summed E-state index contributed by atoms with van der Waals surface area (Å²) in [5.74, 6) is -1.53. The van der Waals surface area contributed by atoms with Crippen molar-refractivity contribution >= 4 is 30.1 Å². The fourth-order valence-corrected chi connectivity index (χ4v) is 2.90. The molecule has 28 heavy (non-hydrogen) atoms. The van der Waals surface area contributed by atoms with E-state index in [0.717, 1.165) is 0 Å². The Labute approximate surface area is 170 Å². The highest BCUT2D eigenvalue weighted by Crippen LogP contribution is 2.16. The molecule has 1 aromatic rings. The Bertz CT molecular complexity index is 694. The van der Waals surface area contributed by atoms with E-state index >= 15 is 0 Å². The van der Waals surface area contributed by atoms with Gasteiger partial charge in [0.05, 0.1) is 18.2 Å². The molecule has 1 fully saturated rings. The largest absolute Gasteiger partial charge is 0.352 e. The molecule has 156 valence electrons. The number of hydrogen-bond acceptors (Lipinski definition) is 4. The van der Waals surface area contributed by atoms with E-state index in [4.69, 9.17) is 5.73 Å². The van der Waals surface area contributed by atoms with Crippen molar-refractivity contribution in [1.82, 2.24) is 15.5 Å². The molecule has 1 aliphatic rings. The quantitative estimate of drug-likeness (QED) is 0.647. The first kappa shape index (κ1) is 23.8. The molecule has 1 heterocycles. The van der Waals surface area contributed by atoms with Crippen LogP contribution in [0.4, 0.5) is 4.39 Å². The normalized spacial score (nSPS) is 15.5. The van der Waals surface area contributed by atoms with Crippen LogP contribution in [0.2, 0.25) is 0 Å². The van der Waals surface area contributed by atoms with Gasteiger partial charge in [-0.05, 0) is 30.9 Å². The zero-order chi connectivity index (χ0) is 20.0. The standard InChI is InChI=1S/C19H27FN4O3.ClH/c1-12(2)17(21)18(26)22-11-16(25)23-13-7-9-24(10-8-13)19(27)14-5-3-4-6-15(14)20;/h3-6,12-13,17H,7-11,21H2,1-2H3,(H,22,26)(H,23,25);1H/t17-;/m0./s1. The predicted octanol–water partition coefficient (Wildman–Crippen LogP) is 1.07. The highest BCUT2D eigenvalue weighted by Gasteiger charge is 2.26. The van der Waals surface area contributed by atoms with E-state index in [1.54, 1.807) is 17.0 Å². The number of amides is 3. The van der Waals surface area contributed by atoms with Gasteiger partial charge in [-0.1, -0.05) is 26.0 Å². The molecule has 7 nitrogen and oxygen atoms in total. The second-order valence-corrected chi connectivity index (χ2v) is 7.10. The van der Waals surface area contributed by atoms with Gasteiger partial charge < -0.3 is 21.3 Å². The Kier molecular flexibility index (Phi) is 9.34. The fourth-order valence-electron chi connectivity index (χ4n) is 2.90. The van der Waals surface area contributed by atoms with E-state index < -0.39 is 11.9 Å². The van der Waals surface area contributed by atoms with E-state index in [1.165, 1.54) is 12.1 Å². The Morgan fingerprint density at radius 3 is 2.39 bits per heavy atom. The van der Waals surface area contributed by atoms with Gasteiger partial charge >= 0.3 is 0 Å². The van der Waals surface area contributed by atoms with Crippen LogP contribution < -0.4 is 16.4 Å². The van der Waals surface area contributed by atoms with E-state index in [0.29, 0.717) is 25.9 Å². The number of rotatable bonds is 6. The van der Waals surface area contributed by atoms with Gasteiger partial charge in [0.2, 0.25) is 11.8 Å². The monoisotopic (exact) mass is 414 g/mol. The number of halogens is 2. The number of nitrogens with zero attached hydrogens (tertiary/aromatic N) is 1. The molecule has 0 bridgehead atoms. The van der Waals surface area contributed by atoms with Crippen molar-refractivity contribution in [2.75, 3.05) is 19.6 Å². The van der Waals surface area contributed by atoms with Crippen LogP contribution in [-0.4, -0.2) is 54.3 Å². The lowest BCUT2D eigenvalue weighted by Crippen LogP contribution is -2.50. The smallest absolute Gasteiger partial charge is 0.256 e. The first-order chi connectivity index (χ1) is 12.8. The van der Waals surface area contributed by atoms with Gasteiger partial charge in [0.25, 0.3) is 5.91 Å². The van der Waals surface area contributed by atoms with E-state index in [9.17, 15) is 18.8 Å². The molecular formula is C19H28ClFN4O3. The lowest BCUT2D eigenvalue weighted by molar-refractivity contribution is -0.127. The topological polar surface area (TPSA) is 105 Å². The van der Waals surface area contributed by atoms with Crippen LogP contribution >= 0.6 is 12.4 Å². The summed E-state index contributed by atoms with van der Waals surface area (Å²) in [7, 11) is 0. The van der Waals surface area contributed by atoms with Gasteiger partial charge in [-0.2, -0.15) is 0 Å². The van der Waals surface area contributed by atoms with Crippen molar-refractivity contribution in [3.63, 3.8) is 0 Å². The summed E-state index contributed by atoms with van der Waals surface area (Å²) in [5, 5.41) is 5.37. The minimum absolute atomic E-state index is 0. The van der Waals surface area contributed by atoms with Crippen molar-refractivity contribution in [2.24, 2.45) is 11.7 Å². The lowest BCUT2D eigenvalue weighted by atomic mass is 10.0. The van der Waals surface area contributed by atoms with Crippen molar-refractivity contribution in [1.29, 1.82) is 0 Å². The maximum absolute atomic E-state index is 13.8. The molecule has 9 heteroatoms. The first-order valence-electron chi connectivity index (χ1n) is 9.16. The third-order valence-corrected chi connectivity index (χ3v) is 4.70. The molecule has 0 aliphatic carbocycles. The molecule has 0 radical (unpaired) electrons. The van der Waals surface area contributed by atoms with Gasteiger partial charge in [0, 0.05) is 19.1 Å². The second kappa shape index (κ2) is 11.0. The predicted molar refractivity (Wildman–Crippen MR) is 107 cm³/mol. The van der Waals surface area contributed by atoms with Crippen LogP contribution in [0.15, 0.2) is 24.3 Å². The van der Waals surface area contributed by atoms with Gasteiger partial charge in [-0.3, -0.25) is 14.4 Å². The Morgan fingerprint density at radius 1 is 1.21 bits per heavy atom. The van der Waals surface area contributed by atoms with Gasteiger partial charge in [-0.15, -0.1) is 12.4 Å². The minimum Gasteiger partial charge on any atom is -0.352 e. The van der Waals surface area contributed by atoms with Crippen LogP contribution in [-0.2, 0) is 9.59 Å². The van der Waals surface area contributed by atoms with Crippen molar-refractivity contribution < 1.29 is 18.8 Å². The summed E-state index contributed by atoms with van der Waals surface area (Å²) in [6, 6.07) is 5.17. The van der Waals surface area contributed by atoms with Crippen molar-refractivity contribution in [2.45, 2.75) is 38.8 Å². The third-order valence-electron chi connectivity index (χ3n) is 4.70. The average Bonchev–Trinajstić information content (AvgIpc) is 2.66. The molecule has 1 aromatic carbocycles. The molecule has 0 saturated carbocycles. The number of carbonyl (C=O) groups excluding carboxylic acids is 3. The Hall–Kier alpha value is -2.19. The summed E-state index contributed by atoms with van der Waals surface area (Å²) in [5.41, 5.74) is 5.78. The number of nitrogens with two attached hydrogens (primary N) is 1.